The number of thiol groups is 1. The van der Waals surface area contributed by atoms with Crippen molar-refractivity contribution in [2.75, 3.05) is 0 Å². The van der Waals surface area contributed by atoms with Crippen LogP contribution in [0.4, 0.5) is 0 Å². The maximum atomic E-state index is 10.9. The van der Waals surface area contributed by atoms with Gasteiger partial charge < -0.3 is 5.11 Å². The molecule has 0 aliphatic rings. The molecule has 1 aromatic heterocycles. The molecule has 2 rings (SSSR count). The Kier molecular flexibility index (Phi) is 2.25. The summed E-state index contributed by atoms with van der Waals surface area (Å²) >= 11 is 5.85. The van der Waals surface area contributed by atoms with E-state index >= 15 is 0 Å². The Morgan fingerprint density at radius 1 is 1.57 bits per heavy atom. The summed E-state index contributed by atoms with van der Waals surface area (Å²) in [7, 11) is 0. The molecule has 0 unspecified atom stereocenters. The van der Waals surface area contributed by atoms with Gasteiger partial charge in [-0.05, 0) is 30.0 Å². The lowest BCUT2D eigenvalue weighted by Gasteiger charge is -2.04. The zero-order chi connectivity index (χ0) is 10.3. The van der Waals surface area contributed by atoms with Gasteiger partial charge in [-0.2, -0.15) is 0 Å². The number of rotatable bonds is 1. The van der Waals surface area contributed by atoms with Crippen molar-refractivity contribution >= 4 is 40.0 Å². The van der Waals surface area contributed by atoms with Crippen molar-refractivity contribution in [2.45, 2.75) is 11.8 Å². The fourth-order valence-electron chi connectivity index (χ4n) is 1.46. The molecule has 0 atom stereocenters. The Bertz CT molecular complexity index is 514. The third kappa shape index (κ3) is 1.31. The SMILES string of the molecule is Cc1cc(C(=O)O)c(S)c2ccsc12. The molecule has 0 spiro atoms. The molecule has 0 radical (unpaired) electrons. The molecule has 72 valence electrons. The fraction of sp³-hybridized carbons (Fsp3) is 0.100. The van der Waals surface area contributed by atoms with Gasteiger partial charge in [-0.3, -0.25) is 0 Å². The van der Waals surface area contributed by atoms with Gasteiger partial charge in [-0.1, -0.05) is 0 Å². The van der Waals surface area contributed by atoms with E-state index in [2.05, 4.69) is 12.6 Å². The van der Waals surface area contributed by atoms with Crippen LogP contribution in [0.2, 0.25) is 0 Å². The van der Waals surface area contributed by atoms with E-state index in [1.165, 1.54) is 0 Å². The van der Waals surface area contributed by atoms with Gasteiger partial charge in [-0.25, -0.2) is 4.79 Å². The number of carboxylic acids is 1. The first-order valence-electron chi connectivity index (χ1n) is 4.04. The number of hydrogen-bond donors (Lipinski definition) is 2. The number of benzene rings is 1. The van der Waals surface area contributed by atoms with E-state index in [4.69, 9.17) is 5.11 Å². The van der Waals surface area contributed by atoms with Gasteiger partial charge >= 0.3 is 5.97 Å². The van der Waals surface area contributed by atoms with E-state index in [-0.39, 0.29) is 5.56 Å². The summed E-state index contributed by atoms with van der Waals surface area (Å²) in [6, 6.07) is 3.57. The van der Waals surface area contributed by atoms with E-state index in [0.717, 1.165) is 15.6 Å². The molecule has 0 amide bonds. The molecule has 14 heavy (non-hydrogen) atoms. The van der Waals surface area contributed by atoms with Crippen molar-refractivity contribution in [2.24, 2.45) is 0 Å². The van der Waals surface area contributed by atoms with Crippen LogP contribution in [0.3, 0.4) is 0 Å². The lowest BCUT2D eigenvalue weighted by atomic mass is 10.1. The first-order chi connectivity index (χ1) is 6.61. The van der Waals surface area contributed by atoms with Gasteiger partial charge in [0.1, 0.15) is 0 Å². The molecular formula is C10H8O2S2. The smallest absolute Gasteiger partial charge is 0.336 e. The monoisotopic (exact) mass is 224 g/mol. The van der Waals surface area contributed by atoms with Crippen LogP contribution in [0.15, 0.2) is 22.4 Å². The Labute approximate surface area is 90.6 Å². The number of thiophene rings is 1. The summed E-state index contributed by atoms with van der Waals surface area (Å²) in [4.78, 5) is 11.4. The van der Waals surface area contributed by atoms with Gasteiger partial charge in [0, 0.05) is 15.0 Å². The average molecular weight is 224 g/mol. The molecule has 1 heterocycles. The normalized spacial score (nSPS) is 10.7. The topological polar surface area (TPSA) is 37.3 Å². The highest BCUT2D eigenvalue weighted by molar-refractivity contribution is 7.80. The maximum Gasteiger partial charge on any atom is 0.336 e. The zero-order valence-electron chi connectivity index (χ0n) is 7.44. The number of carboxylic acid groups (broad SMARTS) is 1. The zero-order valence-corrected chi connectivity index (χ0v) is 9.15. The van der Waals surface area contributed by atoms with Gasteiger partial charge in [0.25, 0.3) is 0 Å². The molecule has 2 aromatic rings. The van der Waals surface area contributed by atoms with Crippen molar-refractivity contribution < 1.29 is 9.90 Å². The number of aromatic carboxylic acids is 1. The van der Waals surface area contributed by atoms with Crippen LogP contribution >= 0.6 is 24.0 Å². The van der Waals surface area contributed by atoms with Gasteiger partial charge in [-0.15, -0.1) is 24.0 Å². The third-order valence-corrected chi connectivity index (χ3v) is 3.66. The highest BCUT2D eigenvalue weighted by atomic mass is 32.1. The number of aryl methyl sites for hydroxylation is 1. The predicted molar refractivity (Wildman–Crippen MR) is 60.8 cm³/mol. The average Bonchev–Trinajstić information content (AvgIpc) is 2.59. The molecule has 0 aliphatic carbocycles. The highest BCUT2D eigenvalue weighted by Gasteiger charge is 2.13. The minimum atomic E-state index is -0.925. The molecule has 0 bridgehead atoms. The Hall–Kier alpha value is -1.000. The van der Waals surface area contributed by atoms with Crippen molar-refractivity contribution in [1.82, 2.24) is 0 Å². The van der Waals surface area contributed by atoms with Gasteiger partial charge in [0.2, 0.25) is 0 Å². The molecule has 0 aliphatic heterocycles. The van der Waals surface area contributed by atoms with E-state index in [1.807, 2.05) is 18.4 Å². The van der Waals surface area contributed by atoms with E-state index < -0.39 is 5.97 Å². The number of hydrogen-bond acceptors (Lipinski definition) is 3. The van der Waals surface area contributed by atoms with Crippen LogP contribution in [-0.2, 0) is 0 Å². The van der Waals surface area contributed by atoms with Crippen LogP contribution in [0.5, 0.6) is 0 Å². The first kappa shape index (κ1) is 9.55. The summed E-state index contributed by atoms with van der Waals surface area (Å²) in [5.74, 6) is -0.925. The summed E-state index contributed by atoms with van der Waals surface area (Å²) in [5.41, 5.74) is 1.27. The molecule has 0 saturated heterocycles. The number of fused-ring (bicyclic) bond motifs is 1. The molecule has 4 heteroatoms. The lowest BCUT2D eigenvalue weighted by Crippen LogP contribution is -1.98. The first-order valence-corrected chi connectivity index (χ1v) is 5.37. The predicted octanol–water partition coefficient (Wildman–Crippen LogP) is 3.20. The molecule has 0 fully saturated rings. The summed E-state index contributed by atoms with van der Waals surface area (Å²) in [6.45, 7) is 1.92. The third-order valence-electron chi connectivity index (χ3n) is 2.12. The van der Waals surface area contributed by atoms with Crippen molar-refractivity contribution in [1.29, 1.82) is 0 Å². The Morgan fingerprint density at radius 2 is 2.29 bits per heavy atom. The second-order valence-electron chi connectivity index (χ2n) is 3.06. The molecule has 2 nitrogen and oxygen atoms in total. The molecule has 0 saturated carbocycles. The second-order valence-corrected chi connectivity index (χ2v) is 4.42. The van der Waals surface area contributed by atoms with Crippen molar-refractivity contribution in [3.05, 3.63) is 28.6 Å². The number of carbonyl (C=O) groups is 1. The Balaban J connectivity index is 2.88. The van der Waals surface area contributed by atoms with Crippen LogP contribution in [-0.4, -0.2) is 11.1 Å². The van der Waals surface area contributed by atoms with Gasteiger partial charge in [0.05, 0.1) is 5.56 Å². The van der Waals surface area contributed by atoms with Crippen molar-refractivity contribution in [3.63, 3.8) is 0 Å². The van der Waals surface area contributed by atoms with Crippen LogP contribution in [0.25, 0.3) is 10.1 Å². The highest BCUT2D eigenvalue weighted by Crippen LogP contribution is 2.32. The standard InChI is InChI=1S/C10H8O2S2/c1-5-4-7(10(11)12)8(13)6-2-3-14-9(5)6/h2-4,13H,1H3,(H,11,12). The molecule has 1 N–H and O–H groups in total. The van der Waals surface area contributed by atoms with Crippen LogP contribution in [0, 0.1) is 6.92 Å². The van der Waals surface area contributed by atoms with Gasteiger partial charge in [0.15, 0.2) is 0 Å². The fourth-order valence-corrected chi connectivity index (χ4v) is 2.76. The quantitative estimate of drug-likeness (QED) is 0.730. The van der Waals surface area contributed by atoms with E-state index in [0.29, 0.717) is 4.90 Å². The largest absolute Gasteiger partial charge is 0.478 e. The lowest BCUT2D eigenvalue weighted by molar-refractivity contribution is 0.0693. The molecule has 1 aromatic carbocycles. The van der Waals surface area contributed by atoms with Crippen LogP contribution in [0.1, 0.15) is 15.9 Å². The van der Waals surface area contributed by atoms with E-state index in [9.17, 15) is 4.79 Å². The molecular weight excluding hydrogens is 216 g/mol. The van der Waals surface area contributed by atoms with E-state index in [1.54, 1.807) is 17.4 Å². The summed E-state index contributed by atoms with van der Waals surface area (Å²) in [5, 5.41) is 11.8. The summed E-state index contributed by atoms with van der Waals surface area (Å²) < 4.78 is 1.11. The van der Waals surface area contributed by atoms with Crippen LogP contribution < -0.4 is 0 Å². The minimum Gasteiger partial charge on any atom is -0.478 e. The maximum absolute atomic E-state index is 10.9. The second kappa shape index (κ2) is 3.29. The minimum absolute atomic E-state index is 0.275. The van der Waals surface area contributed by atoms with Crippen molar-refractivity contribution in [3.8, 4) is 0 Å². The summed E-state index contributed by atoms with van der Waals surface area (Å²) in [6.07, 6.45) is 0. The Morgan fingerprint density at radius 3 is 2.93 bits per heavy atom.